The van der Waals surface area contributed by atoms with E-state index >= 15 is 0 Å². The molecule has 2 rings (SSSR count). The van der Waals surface area contributed by atoms with Gasteiger partial charge in [0.15, 0.2) is 0 Å². The highest BCUT2D eigenvalue weighted by atomic mass is 16.3. The van der Waals surface area contributed by atoms with Gasteiger partial charge in [-0.2, -0.15) is 0 Å². The molecule has 3 heteroatoms. The second-order valence-corrected chi connectivity index (χ2v) is 6.65. The van der Waals surface area contributed by atoms with Gasteiger partial charge >= 0.3 is 0 Å². The third-order valence-corrected chi connectivity index (χ3v) is 5.21. The fourth-order valence-electron chi connectivity index (χ4n) is 4.05. The van der Waals surface area contributed by atoms with E-state index < -0.39 is 0 Å². The quantitative estimate of drug-likeness (QED) is 0.803. The van der Waals surface area contributed by atoms with Crippen LogP contribution in [0.15, 0.2) is 0 Å². The Morgan fingerprint density at radius 1 is 1.16 bits per heavy atom. The maximum Gasteiger partial charge on any atom is 0.0564 e. The lowest BCUT2D eigenvalue weighted by Gasteiger charge is -2.40. The Labute approximate surface area is 118 Å². The van der Waals surface area contributed by atoms with Gasteiger partial charge in [-0.3, -0.25) is 0 Å². The molecule has 0 radical (unpaired) electrons. The molecular weight excluding hydrogens is 236 g/mol. The third-order valence-electron chi connectivity index (χ3n) is 5.21. The number of hydrogen-bond donors (Lipinski definition) is 2. The number of aliphatic hydroxyl groups excluding tert-OH is 1. The van der Waals surface area contributed by atoms with E-state index in [1.807, 2.05) is 0 Å². The van der Waals surface area contributed by atoms with Gasteiger partial charge in [0, 0.05) is 25.7 Å². The molecule has 3 atom stereocenters. The first-order valence-corrected chi connectivity index (χ1v) is 8.30. The van der Waals surface area contributed by atoms with Crippen molar-refractivity contribution in [3.8, 4) is 0 Å². The molecule has 1 saturated heterocycles. The van der Waals surface area contributed by atoms with E-state index in [2.05, 4.69) is 24.2 Å². The van der Waals surface area contributed by atoms with Crippen molar-refractivity contribution in [2.24, 2.45) is 11.8 Å². The molecule has 0 aromatic heterocycles. The summed E-state index contributed by atoms with van der Waals surface area (Å²) in [5.41, 5.74) is 0. The van der Waals surface area contributed by atoms with E-state index in [-0.39, 0.29) is 6.10 Å². The van der Waals surface area contributed by atoms with Crippen molar-refractivity contribution in [1.29, 1.82) is 0 Å². The second kappa shape index (κ2) is 7.61. The Morgan fingerprint density at radius 2 is 1.89 bits per heavy atom. The minimum absolute atomic E-state index is 0.0458. The summed E-state index contributed by atoms with van der Waals surface area (Å²) < 4.78 is 0. The zero-order valence-corrected chi connectivity index (χ0v) is 12.8. The summed E-state index contributed by atoms with van der Waals surface area (Å²) in [7, 11) is 2.12. The molecule has 19 heavy (non-hydrogen) atoms. The van der Waals surface area contributed by atoms with Crippen LogP contribution in [-0.4, -0.2) is 48.8 Å². The molecule has 2 fully saturated rings. The first kappa shape index (κ1) is 15.3. The van der Waals surface area contributed by atoms with Crippen molar-refractivity contribution in [2.75, 3.05) is 26.7 Å². The third kappa shape index (κ3) is 4.44. The molecule has 112 valence electrons. The minimum Gasteiger partial charge on any atom is -0.393 e. The first-order valence-electron chi connectivity index (χ1n) is 8.30. The molecule has 0 aromatic carbocycles. The Balaban J connectivity index is 1.83. The molecule has 1 aliphatic heterocycles. The van der Waals surface area contributed by atoms with Crippen LogP contribution in [0.4, 0.5) is 0 Å². The number of piperidine rings is 1. The number of nitrogens with one attached hydrogen (secondary N) is 1. The summed E-state index contributed by atoms with van der Waals surface area (Å²) in [5, 5.41) is 13.1. The predicted octanol–water partition coefficient (Wildman–Crippen LogP) is 2.25. The average Bonchev–Trinajstić information content (AvgIpc) is 2.42. The van der Waals surface area contributed by atoms with Crippen LogP contribution in [0.1, 0.15) is 51.9 Å². The molecule has 0 amide bonds. The van der Waals surface area contributed by atoms with E-state index in [1.54, 1.807) is 0 Å². The van der Waals surface area contributed by atoms with E-state index in [0.717, 1.165) is 37.8 Å². The van der Waals surface area contributed by atoms with Crippen LogP contribution < -0.4 is 5.32 Å². The van der Waals surface area contributed by atoms with Crippen LogP contribution in [0.25, 0.3) is 0 Å². The highest BCUT2D eigenvalue weighted by Crippen LogP contribution is 2.33. The minimum atomic E-state index is -0.0458. The Kier molecular flexibility index (Phi) is 6.11. The van der Waals surface area contributed by atoms with Crippen LogP contribution in [0, 0.1) is 11.8 Å². The zero-order valence-electron chi connectivity index (χ0n) is 12.8. The predicted molar refractivity (Wildman–Crippen MR) is 80.3 cm³/mol. The zero-order chi connectivity index (χ0) is 13.7. The standard InChI is InChI=1S/C16H32N2O/c1-3-4-13-5-6-16(17-2)14(11-13)12-18-9-7-15(19)8-10-18/h13-17,19H,3-12H2,1-2H3. The molecule has 0 spiro atoms. The number of likely N-dealkylation sites (tertiary alicyclic amines) is 1. The van der Waals surface area contributed by atoms with Crippen molar-refractivity contribution in [3.05, 3.63) is 0 Å². The number of nitrogens with zero attached hydrogens (tertiary/aromatic N) is 1. The van der Waals surface area contributed by atoms with Crippen molar-refractivity contribution < 1.29 is 5.11 Å². The van der Waals surface area contributed by atoms with E-state index in [9.17, 15) is 5.11 Å². The number of hydrogen-bond acceptors (Lipinski definition) is 3. The fraction of sp³-hybridized carbons (Fsp3) is 1.00. The topological polar surface area (TPSA) is 35.5 Å². The fourth-order valence-corrected chi connectivity index (χ4v) is 4.05. The van der Waals surface area contributed by atoms with E-state index in [1.165, 1.54) is 38.6 Å². The van der Waals surface area contributed by atoms with Crippen molar-refractivity contribution in [2.45, 2.75) is 64.0 Å². The van der Waals surface area contributed by atoms with Crippen LogP contribution in [-0.2, 0) is 0 Å². The Bertz CT molecular complexity index is 251. The number of rotatable bonds is 5. The monoisotopic (exact) mass is 268 g/mol. The summed E-state index contributed by atoms with van der Waals surface area (Å²) in [6.07, 6.45) is 8.79. The average molecular weight is 268 g/mol. The second-order valence-electron chi connectivity index (χ2n) is 6.65. The summed E-state index contributed by atoms with van der Waals surface area (Å²) in [6.45, 7) is 5.72. The smallest absolute Gasteiger partial charge is 0.0564 e. The molecule has 1 aliphatic carbocycles. The highest BCUT2D eigenvalue weighted by Gasteiger charge is 2.31. The summed E-state index contributed by atoms with van der Waals surface area (Å²) in [6, 6.07) is 0.708. The van der Waals surface area contributed by atoms with Gasteiger partial charge < -0.3 is 15.3 Å². The van der Waals surface area contributed by atoms with E-state index in [4.69, 9.17) is 0 Å². The largest absolute Gasteiger partial charge is 0.393 e. The van der Waals surface area contributed by atoms with Crippen LogP contribution in [0.3, 0.4) is 0 Å². The van der Waals surface area contributed by atoms with E-state index in [0.29, 0.717) is 6.04 Å². The van der Waals surface area contributed by atoms with Crippen molar-refractivity contribution >= 4 is 0 Å². The molecule has 1 saturated carbocycles. The highest BCUT2D eigenvalue weighted by molar-refractivity contribution is 4.86. The molecule has 3 nitrogen and oxygen atoms in total. The molecule has 2 aliphatic rings. The van der Waals surface area contributed by atoms with Gasteiger partial charge in [-0.15, -0.1) is 0 Å². The van der Waals surface area contributed by atoms with Crippen LogP contribution in [0.2, 0.25) is 0 Å². The van der Waals surface area contributed by atoms with Crippen molar-refractivity contribution in [3.63, 3.8) is 0 Å². The Hall–Kier alpha value is -0.120. The number of aliphatic hydroxyl groups is 1. The van der Waals surface area contributed by atoms with Gasteiger partial charge in [-0.25, -0.2) is 0 Å². The first-order chi connectivity index (χ1) is 9.22. The summed E-state index contributed by atoms with van der Waals surface area (Å²) in [4.78, 5) is 2.58. The Morgan fingerprint density at radius 3 is 2.53 bits per heavy atom. The van der Waals surface area contributed by atoms with Crippen molar-refractivity contribution in [1.82, 2.24) is 10.2 Å². The summed E-state index contributed by atoms with van der Waals surface area (Å²) in [5.74, 6) is 1.76. The molecule has 2 N–H and O–H groups in total. The van der Waals surface area contributed by atoms with Gasteiger partial charge in [-0.1, -0.05) is 19.8 Å². The molecule has 0 aromatic rings. The molecule has 0 bridgehead atoms. The van der Waals surface area contributed by atoms with Crippen LogP contribution >= 0.6 is 0 Å². The summed E-state index contributed by atoms with van der Waals surface area (Å²) >= 11 is 0. The van der Waals surface area contributed by atoms with Gasteiger partial charge in [0.1, 0.15) is 0 Å². The van der Waals surface area contributed by atoms with Crippen LogP contribution in [0.5, 0.6) is 0 Å². The van der Waals surface area contributed by atoms with Gasteiger partial charge in [0.2, 0.25) is 0 Å². The van der Waals surface area contributed by atoms with Gasteiger partial charge in [0.25, 0.3) is 0 Å². The molecule has 3 unspecified atom stereocenters. The molecule has 1 heterocycles. The lowest BCUT2D eigenvalue weighted by molar-refractivity contribution is 0.0611. The van der Waals surface area contributed by atoms with Gasteiger partial charge in [0.05, 0.1) is 6.10 Å². The maximum absolute atomic E-state index is 9.60. The lowest BCUT2D eigenvalue weighted by Crippen LogP contribution is -2.47. The maximum atomic E-state index is 9.60. The lowest BCUT2D eigenvalue weighted by atomic mass is 9.76. The SMILES string of the molecule is CCCC1CCC(NC)C(CN2CCC(O)CC2)C1. The normalized spacial score (nSPS) is 34.6. The molecular formula is C16H32N2O. The van der Waals surface area contributed by atoms with Gasteiger partial charge in [-0.05, 0) is 51.0 Å².